The van der Waals surface area contributed by atoms with Gasteiger partial charge in [-0.2, -0.15) is 11.8 Å². The normalized spacial score (nSPS) is 13.2. The number of Topliss-reactive ketones (excluding diaryl/α,β-unsaturated/α-hetero) is 1. The average Bonchev–Trinajstić information content (AvgIpc) is 2.38. The molecule has 0 aliphatic heterocycles. The Balaban J connectivity index is 2.90. The Bertz CT molecular complexity index is 523. The lowest BCUT2D eigenvalue weighted by atomic mass is 10.2. The van der Waals surface area contributed by atoms with Gasteiger partial charge in [0.05, 0.1) is 4.90 Å². The van der Waals surface area contributed by atoms with Crippen molar-refractivity contribution in [3.05, 3.63) is 29.8 Å². The zero-order valence-electron chi connectivity index (χ0n) is 11.3. The van der Waals surface area contributed by atoms with Gasteiger partial charge in [0.15, 0.2) is 5.78 Å². The van der Waals surface area contributed by atoms with E-state index in [2.05, 4.69) is 4.72 Å². The predicted octanol–water partition coefficient (Wildman–Crippen LogP) is 2.31. The van der Waals surface area contributed by atoms with Gasteiger partial charge >= 0.3 is 0 Å². The molecule has 0 aliphatic carbocycles. The number of carbonyl (C=O) groups excluding carboxylic acids is 1. The van der Waals surface area contributed by atoms with Crippen LogP contribution in [-0.4, -0.2) is 32.3 Å². The summed E-state index contributed by atoms with van der Waals surface area (Å²) in [5, 5.41) is 0. The lowest BCUT2D eigenvalue weighted by molar-refractivity contribution is 0.101. The summed E-state index contributed by atoms with van der Waals surface area (Å²) in [5.41, 5.74) is 0.509. The molecule has 0 fully saturated rings. The lowest BCUT2D eigenvalue weighted by Crippen LogP contribution is -2.36. The number of ketones is 1. The van der Waals surface area contributed by atoms with Crippen molar-refractivity contribution < 1.29 is 13.2 Å². The van der Waals surface area contributed by atoms with E-state index < -0.39 is 10.0 Å². The summed E-state index contributed by atoms with van der Waals surface area (Å²) >= 11 is 1.60. The Morgan fingerprint density at radius 3 is 2.32 bits per heavy atom. The molecule has 1 unspecified atom stereocenters. The van der Waals surface area contributed by atoms with Crippen LogP contribution in [0.4, 0.5) is 0 Å². The topological polar surface area (TPSA) is 63.2 Å². The Morgan fingerprint density at radius 1 is 1.32 bits per heavy atom. The smallest absolute Gasteiger partial charge is 0.240 e. The van der Waals surface area contributed by atoms with Crippen molar-refractivity contribution in [2.45, 2.75) is 31.2 Å². The van der Waals surface area contributed by atoms with Gasteiger partial charge in [0.2, 0.25) is 10.0 Å². The molecule has 0 radical (unpaired) electrons. The SMILES string of the molecule is CCC(CSC)NS(=O)(=O)c1ccc(C(C)=O)cc1. The van der Waals surface area contributed by atoms with Crippen molar-refractivity contribution in [2.24, 2.45) is 0 Å². The zero-order valence-corrected chi connectivity index (χ0v) is 13.0. The average molecular weight is 301 g/mol. The molecule has 6 heteroatoms. The van der Waals surface area contributed by atoms with E-state index in [1.54, 1.807) is 11.8 Å². The molecule has 0 heterocycles. The third-order valence-electron chi connectivity index (χ3n) is 2.75. The fraction of sp³-hybridized carbons (Fsp3) is 0.462. The summed E-state index contributed by atoms with van der Waals surface area (Å²) in [7, 11) is -3.51. The maximum absolute atomic E-state index is 12.2. The first kappa shape index (κ1) is 16.2. The van der Waals surface area contributed by atoms with Gasteiger partial charge in [-0.15, -0.1) is 0 Å². The second kappa shape index (κ2) is 7.07. The van der Waals surface area contributed by atoms with Crippen LogP contribution in [0.3, 0.4) is 0 Å². The van der Waals surface area contributed by atoms with E-state index in [0.29, 0.717) is 5.56 Å². The molecule has 1 N–H and O–H groups in total. The van der Waals surface area contributed by atoms with E-state index in [0.717, 1.165) is 12.2 Å². The minimum atomic E-state index is -3.51. The first-order chi connectivity index (χ1) is 8.90. The van der Waals surface area contributed by atoms with Crippen LogP contribution >= 0.6 is 11.8 Å². The molecular formula is C13H19NO3S2. The van der Waals surface area contributed by atoms with Crippen molar-refractivity contribution in [1.82, 2.24) is 4.72 Å². The molecule has 0 saturated heterocycles. The van der Waals surface area contributed by atoms with Gasteiger partial charge in [-0.1, -0.05) is 19.1 Å². The standard InChI is InChI=1S/C13H19NO3S2/c1-4-12(9-18-3)14-19(16,17)13-7-5-11(6-8-13)10(2)15/h5-8,12,14H,4,9H2,1-3H3. The number of benzene rings is 1. The molecule has 106 valence electrons. The van der Waals surface area contributed by atoms with Crippen molar-refractivity contribution in [2.75, 3.05) is 12.0 Å². The summed E-state index contributed by atoms with van der Waals surface area (Å²) in [6, 6.07) is 5.92. The van der Waals surface area contributed by atoms with Crippen LogP contribution in [-0.2, 0) is 10.0 Å². The Kier molecular flexibility index (Phi) is 6.03. The summed E-state index contributed by atoms with van der Waals surface area (Å²) in [5.74, 6) is 0.659. The van der Waals surface area contributed by atoms with Crippen LogP contribution in [0.1, 0.15) is 30.6 Å². The van der Waals surface area contributed by atoms with E-state index in [-0.39, 0.29) is 16.7 Å². The molecule has 4 nitrogen and oxygen atoms in total. The van der Waals surface area contributed by atoms with Crippen LogP contribution in [0.25, 0.3) is 0 Å². The van der Waals surface area contributed by atoms with Crippen molar-refractivity contribution in [1.29, 1.82) is 0 Å². The molecule has 0 aliphatic rings. The van der Waals surface area contributed by atoms with Crippen molar-refractivity contribution in [3.8, 4) is 0 Å². The number of carbonyl (C=O) groups is 1. The summed E-state index contributed by atoms with van der Waals surface area (Å²) in [4.78, 5) is 11.3. The largest absolute Gasteiger partial charge is 0.295 e. The minimum Gasteiger partial charge on any atom is -0.295 e. The highest BCUT2D eigenvalue weighted by molar-refractivity contribution is 7.98. The van der Waals surface area contributed by atoms with Crippen molar-refractivity contribution >= 4 is 27.6 Å². The molecule has 1 aromatic rings. The fourth-order valence-corrected chi connectivity index (χ4v) is 3.74. The quantitative estimate of drug-likeness (QED) is 0.785. The van der Waals surface area contributed by atoms with Gasteiger partial charge < -0.3 is 0 Å². The Hall–Kier alpha value is -0.850. The lowest BCUT2D eigenvalue weighted by Gasteiger charge is -2.16. The summed E-state index contributed by atoms with van der Waals surface area (Å²) < 4.78 is 27.0. The van der Waals surface area contributed by atoms with Crippen molar-refractivity contribution in [3.63, 3.8) is 0 Å². The number of nitrogens with one attached hydrogen (secondary N) is 1. The summed E-state index contributed by atoms with van der Waals surface area (Å²) in [6.45, 7) is 3.40. The van der Waals surface area contributed by atoms with E-state index in [1.165, 1.54) is 31.2 Å². The van der Waals surface area contributed by atoms with E-state index in [1.807, 2.05) is 13.2 Å². The maximum atomic E-state index is 12.2. The number of hydrogen-bond acceptors (Lipinski definition) is 4. The molecule has 0 saturated carbocycles. The van der Waals surface area contributed by atoms with Gasteiger partial charge in [-0.3, -0.25) is 4.79 Å². The zero-order chi connectivity index (χ0) is 14.5. The van der Waals surface area contributed by atoms with Gasteiger partial charge in [0.1, 0.15) is 0 Å². The molecule has 19 heavy (non-hydrogen) atoms. The minimum absolute atomic E-state index is 0.0764. The van der Waals surface area contributed by atoms with Crippen LogP contribution < -0.4 is 4.72 Å². The third-order valence-corrected chi connectivity index (χ3v) is 5.03. The molecule has 0 spiro atoms. The molecule has 0 amide bonds. The highest BCUT2D eigenvalue weighted by Crippen LogP contribution is 2.13. The molecule has 0 bridgehead atoms. The second-order valence-electron chi connectivity index (χ2n) is 4.26. The fourth-order valence-electron chi connectivity index (χ4n) is 1.59. The first-order valence-corrected chi connectivity index (χ1v) is 8.90. The van der Waals surface area contributed by atoms with E-state index >= 15 is 0 Å². The first-order valence-electron chi connectivity index (χ1n) is 6.03. The third kappa shape index (κ3) is 4.63. The molecular weight excluding hydrogens is 282 g/mol. The van der Waals surface area contributed by atoms with Crippen LogP contribution in [0.15, 0.2) is 29.2 Å². The Labute approximate surface area is 119 Å². The predicted molar refractivity (Wildman–Crippen MR) is 79.2 cm³/mol. The highest BCUT2D eigenvalue weighted by Gasteiger charge is 2.18. The second-order valence-corrected chi connectivity index (χ2v) is 6.89. The Morgan fingerprint density at radius 2 is 1.89 bits per heavy atom. The van der Waals surface area contributed by atoms with E-state index in [4.69, 9.17) is 0 Å². The van der Waals surface area contributed by atoms with Crippen LogP contribution in [0, 0.1) is 0 Å². The molecule has 1 aromatic carbocycles. The summed E-state index contributed by atoms with van der Waals surface area (Å²) in [6.07, 6.45) is 2.68. The maximum Gasteiger partial charge on any atom is 0.240 e. The number of sulfonamides is 1. The van der Waals surface area contributed by atoms with Crippen LogP contribution in [0.5, 0.6) is 0 Å². The van der Waals surface area contributed by atoms with Gasteiger partial charge in [0.25, 0.3) is 0 Å². The van der Waals surface area contributed by atoms with Gasteiger partial charge in [-0.25, -0.2) is 13.1 Å². The van der Waals surface area contributed by atoms with Gasteiger partial charge in [-0.05, 0) is 31.7 Å². The molecule has 1 rings (SSSR count). The molecule has 0 aromatic heterocycles. The molecule has 1 atom stereocenters. The highest BCUT2D eigenvalue weighted by atomic mass is 32.2. The number of rotatable bonds is 7. The van der Waals surface area contributed by atoms with E-state index in [9.17, 15) is 13.2 Å². The number of hydrogen-bond donors (Lipinski definition) is 1. The van der Waals surface area contributed by atoms with Crippen LogP contribution in [0.2, 0.25) is 0 Å². The van der Waals surface area contributed by atoms with Gasteiger partial charge in [0, 0.05) is 17.4 Å². The number of thioether (sulfide) groups is 1. The monoisotopic (exact) mass is 301 g/mol.